The van der Waals surface area contributed by atoms with E-state index in [0.717, 1.165) is 19.4 Å². The van der Waals surface area contributed by atoms with Crippen molar-refractivity contribution in [2.75, 3.05) is 11.9 Å². The van der Waals surface area contributed by atoms with Gasteiger partial charge in [0.05, 0.1) is 0 Å². The molecule has 0 unspecified atom stereocenters. The summed E-state index contributed by atoms with van der Waals surface area (Å²) in [5.74, 6) is 0. The molecule has 0 bridgehead atoms. The molecule has 0 aliphatic heterocycles. The molecular weight excluding hydrogens is 165 g/mol. The van der Waals surface area contributed by atoms with Crippen LogP contribution in [-0.4, -0.2) is 25.4 Å². The SMILES string of the molecule is CCNc1c(CC)cccc1CC.[LiH]. The van der Waals surface area contributed by atoms with Gasteiger partial charge in [-0.15, -0.1) is 0 Å². The van der Waals surface area contributed by atoms with Crippen molar-refractivity contribution >= 4 is 24.5 Å². The van der Waals surface area contributed by atoms with Crippen LogP contribution in [0.5, 0.6) is 0 Å². The molecule has 1 aromatic rings. The molecule has 0 aromatic heterocycles. The Bertz CT molecular complexity index is 249. The van der Waals surface area contributed by atoms with E-state index in [1.54, 1.807) is 0 Å². The summed E-state index contributed by atoms with van der Waals surface area (Å²) in [6.07, 6.45) is 2.21. The van der Waals surface area contributed by atoms with Gasteiger partial charge < -0.3 is 5.32 Å². The van der Waals surface area contributed by atoms with Gasteiger partial charge in [0.15, 0.2) is 0 Å². The Kier molecular flexibility index (Phi) is 6.79. The van der Waals surface area contributed by atoms with E-state index in [9.17, 15) is 0 Å². The Morgan fingerprint density at radius 2 is 1.50 bits per heavy atom. The van der Waals surface area contributed by atoms with Crippen LogP contribution in [0.1, 0.15) is 31.9 Å². The molecule has 74 valence electrons. The van der Waals surface area contributed by atoms with E-state index in [2.05, 4.69) is 44.3 Å². The van der Waals surface area contributed by atoms with Crippen molar-refractivity contribution in [3.05, 3.63) is 29.3 Å². The summed E-state index contributed by atoms with van der Waals surface area (Å²) < 4.78 is 0. The van der Waals surface area contributed by atoms with Crippen molar-refractivity contribution in [3.8, 4) is 0 Å². The summed E-state index contributed by atoms with van der Waals surface area (Å²) in [7, 11) is 0. The standard InChI is InChI=1S/C12H19N.Li.H/c1-4-10-8-7-9-11(5-2)12(10)13-6-3;;/h7-9,13H,4-6H2,1-3H3;;. The molecule has 1 nitrogen and oxygen atoms in total. The molecule has 0 saturated heterocycles. The number of benzene rings is 1. The normalized spacial score (nSPS) is 9.36. The van der Waals surface area contributed by atoms with Gasteiger partial charge in [0.2, 0.25) is 0 Å². The summed E-state index contributed by atoms with van der Waals surface area (Å²) in [4.78, 5) is 0. The van der Waals surface area contributed by atoms with Gasteiger partial charge in [-0.3, -0.25) is 0 Å². The molecule has 0 spiro atoms. The Morgan fingerprint density at radius 1 is 1.00 bits per heavy atom. The Hall–Kier alpha value is -0.383. The van der Waals surface area contributed by atoms with Crippen LogP contribution in [0, 0.1) is 0 Å². The summed E-state index contributed by atoms with van der Waals surface area (Å²) in [6.45, 7) is 7.56. The fraction of sp³-hybridized carbons (Fsp3) is 0.500. The first-order valence-corrected chi connectivity index (χ1v) is 5.18. The van der Waals surface area contributed by atoms with E-state index in [0.29, 0.717) is 0 Å². The zero-order valence-corrected chi connectivity index (χ0v) is 8.85. The minimum atomic E-state index is 0. The third-order valence-corrected chi connectivity index (χ3v) is 2.35. The molecule has 0 aliphatic rings. The predicted octanol–water partition coefficient (Wildman–Crippen LogP) is 2.59. The van der Waals surface area contributed by atoms with Gasteiger partial charge >= 0.3 is 18.9 Å². The number of hydrogen-bond acceptors (Lipinski definition) is 1. The van der Waals surface area contributed by atoms with Gasteiger partial charge in [-0.1, -0.05) is 32.0 Å². The second-order valence-electron chi connectivity index (χ2n) is 3.19. The second-order valence-corrected chi connectivity index (χ2v) is 3.19. The maximum absolute atomic E-state index is 3.45. The van der Waals surface area contributed by atoms with Crippen molar-refractivity contribution < 1.29 is 0 Å². The second kappa shape index (κ2) is 6.98. The number of rotatable bonds is 4. The van der Waals surface area contributed by atoms with Gasteiger partial charge in [-0.2, -0.15) is 0 Å². The van der Waals surface area contributed by atoms with Crippen LogP contribution >= 0.6 is 0 Å². The zero-order valence-electron chi connectivity index (χ0n) is 8.85. The first-order chi connectivity index (χ1) is 6.33. The molecule has 0 amide bonds. The van der Waals surface area contributed by atoms with Gasteiger partial charge in [-0.05, 0) is 30.9 Å². The van der Waals surface area contributed by atoms with Crippen LogP contribution in [0.3, 0.4) is 0 Å². The van der Waals surface area contributed by atoms with E-state index in [-0.39, 0.29) is 18.9 Å². The molecule has 0 fully saturated rings. The number of aryl methyl sites for hydroxylation is 2. The van der Waals surface area contributed by atoms with Crippen molar-refractivity contribution in [1.29, 1.82) is 0 Å². The summed E-state index contributed by atoms with van der Waals surface area (Å²) >= 11 is 0. The summed E-state index contributed by atoms with van der Waals surface area (Å²) in [5, 5.41) is 3.45. The first-order valence-electron chi connectivity index (χ1n) is 5.18. The van der Waals surface area contributed by atoms with Crippen LogP contribution in [0.15, 0.2) is 18.2 Å². The minimum absolute atomic E-state index is 0. The van der Waals surface area contributed by atoms with E-state index < -0.39 is 0 Å². The number of para-hydroxylation sites is 1. The van der Waals surface area contributed by atoms with Gasteiger partial charge in [0, 0.05) is 12.2 Å². The average molecular weight is 185 g/mol. The van der Waals surface area contributed by atoms with E-state index in [1.807, 2.05) is 0 Å². The van der Waals surface area contributed by atoms with Crippen molar-refractivity contribution in [1.82, 2.24) is 0 Å². The van der Waals surface area contributed by atoms with Crippen LogP contribution < -0.4 is 5.32 Å². The molecule has 14 heavy (non-hydrogen) atoms. The molecule has 0 saturated carbocycles. The molecule has 0 radical (unpaired) electrons. The van der Waals surface area contributed by atoms with Crippen LogP contribution in [0.4, 0.5) is 5.69 Å². The number of anilines is 1. The quantitative estimate of drug-likeness (QED) is 0.711. The predicted molar refractivity (Wildman–Crippen MR) is 66.5 cm³/mol. The van der Waals surface area contributed by atoms with Crippen molar-refractivity contribution in [3.63, 3.8) is 0 Å². The monoisotopic (exact) mass is 185 g/mol. The molecule has 0 heterocycles. The molecular formula is C12H20LiN. The van der Waals surface area contributed by atoms with E-state index in [4.69, 9.17) is 0 Å². The van der Waals surface area contributed by atoms with Crippen LogP contribution in [-0.2, 0) is 12.8 Å². The van der Waals surface area contributed by atoms with E-state index in [1.165, 1.54) is 16.8 Å². The fourth-order valence-electron chi connectivity index (χ4n) is 1.65. The van der Waals surface area contributed by atoms with Crippen LogP contribution in [0.2, 0.25) is 0 Å². The number of nitrogens with one attached hydrogen (secondary N) is 1. The topological polar surface area (TPSA) is 12.0 Å². The fourth-order valence-corrected chi connectivity index (χ4v) is 1.65. The average Bonchev–Trinajstić information content (AvgIpc) is 2.18. The molecule has 0 atom stereocenters. The molecule has 1 rings (SSSR count). The third-order valence-electron chi connectivity index (χ3n) is 2.35. The Balaban J connectivity index is 0.00000169. The van der Waals surface area contributed by atoms with E-state index >= 15 is 0 Å². The molecule has 1 aromatic carbocycles. The Labute approximate surface area is 99.5 Å². The molecule has 0 aliphatic carbocycles. The number of hydrogen-bond donors (Lipinski definition) is 1. The van der Waals surface area contributed by atoms with Gasteiger partial charge in [-0.25, -0.2) is 0 Å². The van der Waals surface area contributed by atoms with Crippen LogP contribution in [0.25, 0.3) is 0 Å². The Morgan fingerprint density at radius 3 is 1.86 bits per heavy atom. The van der Waals surface area contributed by atoms with Crippen molar-refractivity contribution in [2.45, 2.75) is 33.6 Å². The van der Waals surface area contributed by atoms with Gasteiger partial charge in [0.25, 0.3) is 0 Å². The molecule has 1 N–H and O–H groups in total. The zero-order chi connectivity index (χ0) is 9.68. The summed E-state index contributed by atoms with van der Waals surface area (Å²) in [6, 6.07) is 6.56. The van der Waals surface area contributed by atoms with Gasteiger partial charge in [0.1, 0.15) is 0 Å². The maximum atomic E-state index is 3.45. The first kappa shape index (κ1) is 13.6. The summed E-state index contributed by atoms with van der Waals surface area (Å²) in [5.41, 5.74) is 4.22. The van der Waals surface area contributed by atoms with Crippen molar-refractivity contribution in [2.24, 2.45) is 0 Å². The third kappa shape index (κ3) is 3.08. The molecule has 2 heteroatoms.